The Kier molecular flexibility index (Phi) is 6.42. The fourth-order valence-electron chi connectivity index (χ4n) is 4.50. The number of hydrogen-bond acceptors (Lipinski definition) is 5. The largest absolute Gasteiger partial charge is 0.481 e. The van der Waals surface area contributed by atoms with Crippen LogP contribution in [0.2, 0.25) is 0 Å². The van der Waals surface area contributed by atoms with Crippen LogP contribution in [0.1, 0.15) is 52.3 Å². The van der Waals surface area contributed by atoms with Crippen molar-refractivity contribution >= 4 is 29.0 Å². The van der Waals surface area contributed by atoms with Gasteiger partial charge in [0.25, 0.3) is 0 Å². The second-order valence-electron chi connectivity index (χ2n) is 9.66. The molecule has 2 unspecified atom stereocenters. The minimum absolute atomic E-state index is 0.0305. The van der Waals surface area contributed by atoms with E-state index in [0.29, 0.717) is 12.5 Å². The van der Waals surface area contributed by atoms with Crippen LogP contribution in [0.15, 0.2) is 23.1 Å². The van der Waals surface area contributed by atoms with E-state index < -0.39 is 5.97 Å². The van der Waals surface area contributed by atoms with Crippen LogP contribution < -0.4 is 0 Å². The van der Waals surface area contributed by atoms with Crippen molar-refractivity contribution in [1.82, 2.24) is 13.9 Å². The van der Waals surface area contributed by atoms with Crippen molar-refractivity contribution in [3.8, 4) is 0 Å². The maximum absolute atomic E-state index is 11.2. The zero-order valence-corrected chi connectivity index (χ0v) is 19.1. The minimum Gasteiger partial charge on any atom is -0.481 e. The molecule has 7 heteroatoms. The molecule has 2 aliphatic rings. The molecule has 2 atom stereocenters. The van der Waals surface area contributed by atoms with Gasteiger partial charge in [0.15, 0.2) is 0 Å². The Labute approximate surface area is 183 Å². The van der Waals surface area contributed by atoms with Gasteiger partial charge in [0, 0.05) is 43.2 Å². The number of benzene rings is 1. The Morgan fingerprint density at radius 2 is 2.10 bits per heavy atom. The van der Waals surface area contributed by atoms with E-state index in [4.69, 9.17) is 9.72 Å². The van der Waals surface area contributed by atoms with E-state index in [2.05, 4.69) is 47.8 Å². The SMILES string of the molecule is CC(C)(C)c1nc2cc(SN3CCC(C(=O)O)C3)ccc2n1CC1CCCOCC1. The lowest BCUT2D eigenvalue weighted by atomic mass is 9.94. The number of nitrogens with zero attached hydrogens (tertiary/aromatic N) is 3. The number of imidazole rings is 1. The molecule has 2 fully saturated rings. The Bertz CT molecular complexity index is 897. The molecular formula is C23H33N3O3S. The first-order chi connectivity index (χ1) is 14.3. The number of hydrogen-bond donors (Lipinski definition) is 1. The smallest absolute Gasteiger partial charge is 0.307 e. The number of rotatable bonds is 5. The summed E-state index contributed by atoms with van der Waals surface area (Å²) >= 11 is 1.65. The summed E-state index contributed by atoms with van der Waals surface area (Å²) in [6, 6.07) is 6.51. The summed E-state index contributed by atoms with van der Waals surface area (Å²) in [5, 5.41) is 9.24. The number of carboxylic acids is 1. The topological polar surface area (TPSA) is 67.6 Å². The first-order valence-electron chi connectivity index (χ1n) is 11.1. The molecule has 0 amide bonds. The molecule has 1 aromatic carbocycles. The fraction of sp³-hybridized carbons (Fsp3) is 0.652. The Hall–Kier alpha value is -1.57. The van der Waals surface area contributed by atoms with Gasteiger partial charge in [-0.2, -0.15) is 0 Å². The summed E-state index contributed by atoms with van der Waals surface area (Å²) in [6.45, 7) is 10.8. The number of carboxylic acid groups (broad SMARTS) is 1. The molecule has 0 radical (unpaired) electrons. The summed E-state index contributed by atoms with van der Waals surface area (Å²) in [5.74, 6) is 0.817. The van der Waals surface area contributed by atoms with Crippen molar-refractivity contribution in [3.63, 3.8) is 0 Å². The van der Waals surface area contributed by atoms with Gasteiger partial charge in [0.1, 0.15) is 5.82 Å². The van der Waals surface area contributed by atoms with Gasteiger partial charge in [-0.25, -0.2) is 9.29 Å². The monoisotopic (exact) mass is 431 g/mol. The average molecular weight is 432 g/mol. The highest BCUT2D eigenvalue weighted by Crippen LogP contribution is 2.34. The summed E-state index contributed by atoms with van der Waals surface area (Å²) in [7, 11) is 0. The van der Waals surface area contributed by atoms with Crippen LogP contribution in [-0.4, -0.2) is 51.2 Å². The Morgan fingerprint density at radius 3 is 2.83 bits per heavy atom. The van der Waals surface area contributed by atoms with E-state index >= 15 is 0 Å². The molecule has 0 bridgehead atoms. The molecule has 1 N–H and O–H groups in total. The lowest BCUT2D eigenvalue weighted by Crippen LogP contribution is -2.22. The molecule has 30 heavy (non-hydrogen) atoms. The van der Waals surface area contributed by atoms with Crippen LogP contribution in [0.25, 0.3) is 11.0 Å². The van der Waals surface area contributed by atoms with Crippen molar-refractivity contribution in [3.05, 3.63) is 24.0 Å². The van der Waals surface area contributed by atoms with Crippen molar-refractivity contribution in [2.45, 2.75) is 63.3 Å². The minimum atomic E-state index is -0.689. The van der Waals surface area contributed by atoms with Gasteiger partial charge < -0.3 is 14.4 Å². The van der Waals surface area contributed by atoms with E-state index in [1.807, 2.05) is 0 Å². The molecule has 0 aliphatic carbocycles. The zero-order valence-electron chi connectivity index (χ0n) is 18.3. The van der Waals surface area contributed by atoms with Crippen LogP contribution in [0.3, 0.4) is 0 Å². The summed E-state index contributed by atoms with van der Waals surface area (Å²) in [5.41, 5.74) is 2.19. The fourth-order valence-corrected chi connectivity index (χ4v) is 5.54. The van der Waals surface area contributed by atoms with Gasteiger partial charge >= 0.3 is 5.97 Å². The lowest BCUT2D eigenvalue weighted by Gasteiger charge is -2.23. The third-order valence-corrected chi connectivity index (χ3v) is 7.19. The predicted octanol–water partition coefficient (Wildman–Crippen LogP) is 4.56. The van der Waals surface area contributed by atoms with E-state index in [9.17, 15) is 9.90 Å². The number of ether oxygens (including phenoxy) is 1. The number of fused-ring (bicyclic) bond motifs is 1. The Balaban J connectivity index is 1.58. The molecule has 2 saturated heterocycles. The maximum atomic E-state index is 11.2. The van der Waals surface area contributed by atoms with Gasteiger partial charge in [-0.05, 0) is 61.7 Å². The molecule has 164 valence electrons. The molecule has 4 rings (SSSR count). The number of aliphatic carboxylic acids is 1. The van der Waals surface area contributed by atoms with Crippen molar-refractivity contribution in [1.29, 1.82) is 0 Å². The van der Waals surface area contributed by atoms with E-state index in [-0.39, 0.29) is 11.3 Å². The molecule has 1 aromatic heterocycles. The first kappa shape index (κ1) is 21.7. The Morgan fingerprint density at radius 1 is 1.27 bits per heavy atom. The van der Waals surface area contributed by atoms with E-state index in [1.54, 1.807) is 11.9 Å². The van der Waals surface area contributed by atoms with Crippen molar-refractivity contribution < 1.29 is 14.6 Å². The van der Waals surface area contributed by atoms with Gasteiger partial charge in [-0.3, -0.25) is 4.79 Å². The van der Waals surface area contributed by atoms with Gasteiger partial charge in [-0.1, -0.05) is 20.8 Å². The van der Waals surface area contributed by atoms with E-state index in [0.717, 1.165) is 61.8 Å². The number of aromatic nitrogens is 2. The predicted molar refractivity (Wildman–Crippen MR) is 120 cm³/mol. The highest BCUT2D eigenvalue weighted by molar-refractivity contribution is 7.97. The number of carbonyl (C=O) groups is 1. The summed E-state index contributed by atoms with van der Waals surface area (Å²) in [4.78, 5) is 17.4. The third kappa shape index (κ3) is 4.84. The molecular weight excluding hydrogens is 398 g/mol. The average Bonchev–Trinajstić information content (AvgIpc) is 3.19. The molecule has 2 aromatic rings. The van der Waals surface area contributed by atoms with Crippen LogP contribution in [-0.2, 0) is 21.5 Å². The lowest BCUT2D eigenvalue weighted by molar-refractivity contribution is -0.141. The quantitative estimate of drug-likeness (QED) is 0.700. The normalized spacial score (nSPS) is 23.7. The van der Waals surface area contributed by atoms with Crippen LogP contribution >= 0.6 is 11.9 Å². The second kappa shape index (κ2) is 8.89. The standard InChI is InChI=1S/C23H33N3O3S/c1-23(2,3)22-24-19-13-18(30-25-10-8-17(15-25)21(27)28)6-7-20(19)26(22)14-16-5-4-11-29-12-9-16/h6-7,13,16-17H,4-5,8-12,14-15H2,1-3H3,(H,27,28). The second-order valence-corrected chi connectivity index (χ2v) is 10.8. The van der Waals surface area contributed by atoms with Crippen molar-refractivity contribution in [2.24, 2.45) is 11.8 Å². The van der Waals surface area contributed by atoms with Gasteiger partial charge in [0.05, 0.1) is 17.0 Å². The summed E-state index contributed by atoms with van der Waals surface area (Å²) < 4.78 is 10.2. The van der Waals surface area contributed by atoms with Crippen LogP contribution in [0.5, 0.6) is 0 Å². The highest BCUT2D eigenvalue weighted by atomic mass is 32.2. The van der Waals surface area contributed by atoms with Crippen LogP contribution in [0.4, 0.5) is 0 Å². The van der Waals surface area contributed by atoms with Crippen LogP contribution in [0, 0.1) is 11.8 Å². The molecule has 0 saturated carbocycles. The van der Waals surface area contributed by atoms with E-state index in [1.165, 1.54) is 11.9 Å². The molecule has 6 nitrogen and oxygen atoms in total. The first-order valence-corrected chi connectivity index (χ1v) is 11.8. The third-order valence-electron chi connectivity index (χ3n) is 6.14. The summed E-state index contributed by atoms with van der Waals surface area (Å²) in [6.07, 6.45) is 4.17. The molecule has 0 spiro atoms. The maximum Gasteiger partial charge on any atom is 0.307 e. The highest BCUT2D eigenvalue weighted by Gasteiger charge is 2.29. The zero-order chi connectivity index (χ0) is 21.3. The molecule has 3 heterocycles. The van der Waals surface area contributed by atoms with Gasteiger partial charge in [0.2, 0.25) is 0 Å². The van der Waals surface area contributed by atoms with Gasteiger partial charge in [-0.15, -0.1) is 0 Å². The molecule has 2 aliphatic heterocycles. The van der Waals surface area contributed by atoms with Crippen molar-refractivity contribution in [2.75, 3.05) is 26.3 Å².